The van der Waals surface area contributed by atoms with Crippen LogP contribution in [0.15, 0.2) is 23.1 Å². The number of hydrogen-bond acceptors (Lipinski definition) is 6. The van der Waals surface area contributed by atoms with E-state index < -0.39 is 23.2 Å². The highest BCUT2D eigenvalue weighted by atomic mass is 19.1. The maximum atomic E-state index is 15.0. The smallest absolute Gasteiger partial charge is 0.409 e. The minimum absolute atomic E-state index is 0.118. The summed E-state index contributed by atoms with van der Waals surface area (Å²) in [7, 11) is 0. The van der Waals surface area contributed by atoms with Crippen LogP contribution in [-0.2, 0) is 16.1 Å². The van der Waals surface area contributed by atoms with Crippen molar-refractivity contribution in [2.45, 2.75) is 58.5 Å². The summed E-state index contributed by atoms with van der Waals surface area (Å²) in [6, 6.07) is 3.04. The van der Waals surface area contributed by atoms with Gasteiger partial charge in [0.05, 0.1) is 24.4 Å². The SMILES string of the molecule is CCOC(=O)N1CCN(C(=O)CNC(=O)c2cn(CC)c3cc(NC4CCCCC4)c(F)cc3c2=O)CC1. The Kier molecular flexibility index (Phi) is 8.85. The van der Waals surface area contributed by atoms with E-state index in [9.17, 15) is 19.2 Å². The number of nitrogens with zero attached hydrogens (tertiary/aromatic N) is 3. The van der Waals surface area contributed by atoms with Crippen molar-refractivity contribution in [3.8, 4) is 0 Å². The number of aromatic nitrogens is 1. The summed E-state index contributed by atoms with van der Waals surface area (Å²) in [6.45, 7) is 5.39. The largest absolute Gasteiger partial charge is 0.450 e. The topological polar surface area (TPSA) is 113 Å². The number of rotatable bonds is 7. The number of fused-ring (bicyclic) bond motifs is 1. The molecule has 1 aliphatic heterocycles. The molecule has 2 aliphatic rings. The minimum Gasteiger partial charge on any atom is -0.450 e. The number of pyridine rings is 1. The van der Waals surface area contributed by atoms with E-state index in [1.165, 1.54) is 23.6 Å². The molecule has 1 aromatic carbocycles. The van der Waals surface area contributed by atoms with Crippen LogP contribution < -0.4 is 16.1 Å². The first-order chi connectivity index (χ1) is 18.3. The van der Waals surface area contributed by atoms with Crippen LogP contribution in [0.4, 0.5) is 14.9 Å². The van der Waals surface area contributed by atoms with E-state index in [2.05, 4.69) is 10.6 Å². The molecule has 38 heavy (non-hydrogen) atoms. The molecule has 1 saturated carbocycles. The van der Waals surface area contributed by atoms with Crippen LogP contribution in [0, 0.1) is 5.82 Å². The molecule has 0 atom stereocenters. The maximum absolute atomic E-state index is 15.0. The molecule has 206 valence electrons. The van der Waals surface area contributed by atoms with Gasteiger partial charge in [-0.25, -0.2) is 9.18 Å². The van der Waals surface area contributed by atoms with Crippen LogP contribution in [0.25, 0.3) is 10.9 Å². The number of carbonyl (C=O) groups is 3. The standard InChI is InChI=1S/C27H36FN5O5/c1-3-31-17-20(26(36)29-16-24(34)32-10-12-33(13-11-32)27(37)38-4-2)25(35)19-14-21(28)22(15-23(19)31)30-18-8-6-5-7-9-18/h14-15,17-18,30H,3-13,16H2,1-2H3,(H,29,36). The zero-order chi connectivity index (χ0) is 27.2. The summed E-state index contributed by atoms with van der Waals surface area (Å²) in [5.41, 5.74) is 0.175. The Hall–Kier alpha value is -3.63. The van der Waals surface area contributed by atoms with Gasteiger partial charge in [-0.1, -0.05) is 19.3 Å². The number of nitrogens with one attached hydrogen (secondary N) is 2. The molecule has 3 amide bonds. The Balaban J connectivity index is 1.44. The monoisotopic (exact) mass is 529 g/mol. The second-order valence-electron chi connectivity index (χ2n) is 9.74. The number of aryl methyl sites for hydroxylation is 1. The van der Waals surface area contributed by atoms with E-state index in [0.29, 0.717) is 43.9 Å². The fourth-order valence-electron chi connectivity index (χ4n) is 5.13. The summed E-state index contributed by atoms with van der Waals surface area (Å²) in [5.74, 6) is -1.54. The Morgan fingerprint density at radius 1 is 1.03 bits per heavy atom. The first kappa shape index (κ1) is 27.4. The predicted octanol–water partition coefficient (Wildman–Crippen LogP) is 2.94. The number of anilines is 1. The van der Waals surface area contributed by atoms with Crippen LogP contribution in [0.3, 0.4) is 0 Å². The van der Waals surface area contributed by atoms with Crippen molar-refractivity contribution >= 4 is 34.5 Å². The normalized spacial score (nSPS) is 16.4. The lowest BCUT2D eigenvalue weighted by molar-refractivity contribution is -0.131. The highest BCUT2D eigenvalue weighted by Gasteiger charge is 2.26. The molecule has 10 nitrogen and oxygen atoms in total. The van der Waals surface area contributed by atoms with Crippen molar-refractivity contribution in [3.05, 3.63) is 39.9 Å². The molecule has 0 spiro atoms. The van der Waals surface area contributed by atoms with Crippen LogP contribution in [0.5, 0.6) is 0 Å². The van der Waals surface area contributed by atoms with Crippen LogP contribution in [-0.4, -0.2) is 77.6 Å². The highest BCUT2D eigenvalue weighted by Crippen LogP contribution is 2.26. The Labute approximate surface area is 221 Å². The first-order valence-electron chi connectivity index (χ1n) is 13.4. The minimum atomic E-state index is -0.692. The summed E-state index contributed by atoms with van der Waals surface area (Å²) in [6.07, 6.45) is 6.42. The predicted molar refractivity (Wildman–Crippen MR) is 142 cm³/mol. The van der Waals surface area contributed by atoms with Crippen molar-refractivity contribution in [1.82, 2.24) is 19.7 Å². The third-order valence-corrected chi connectivity index (χ3v) is 7.28. The molecule has 2 aromatic rings. The van der Waals surface area contributed by atoms with Gasteiger partial charge in [0.25, 0.3) is 5.91 Å². The number of piperazine rings is 1. The molecule has 2 N–H and O–H groups in total. The lowest BCUT2D eigenvalue weighted by Crippen LogP contribution is -2.52. The maximum Gasteiger partial charge on any atom is 0.409 e. The van der Waals surface area contributed by atoms with Gasteiger partial charge in [0.1, 0.15) is 11.4 Å². The van der Waals surface area contributed by atoms with Crippen LogP contribution in [0.1, 0.15) is 56.3 Å². The summed E-state index contributed by atoms with van der Waals surface area (Å²) < 4.78 is 21.7. The molecule has 1 aromatic heterocycles. The zero-order valence-electron chi connectivity index (χ0n) is 22.1. The quantitative estimate of drug-likeness (QED) is 0.570. The number of halogens is 1. The average molecular weight is 530 g/mol. The lowest BCUT2D eigenvalue weighted by Gasteiger charge is -2.34. The Morgan fingerprint density at radius 2 is 1.71 bits per heavy atom. The Bertz CT molecular complexity index is 1250. The molecular formula is C27H36FN5O5. The lowest BCUT2D eigenvalue weighted by atomic mass is 9.95. The Morgan fingerprint density at radius 3 is 2.37 bits per heavy atom. The van der Waals surface area contributed by atoms with Gasteiger partial charge in [-0.05, 0) is 38.8 Å². The zero-order valence-corrected chi connectivity index (χ0v) is 22.1. The average Bonchev–Trinajstić information content (AvgIpc) is 2.93. The summed E-state index contributed by atoms with van der Waals surface area (Å²) in [5, 5.41) is 5.94. The van der Waals surface area contributed by atoms with E-state index >= 15 is 4.39 Å². The highest BCUT2D eigenvalue weighted by molar-refractivity contribution is 5.99. The first-order valence-corrected chi connectivity index (χ1v) is 13.4. The number of amides is 3. The van der Waals surface area contributed by atoms with Crippen molar-refractivity contribution in [2.75, 3.05) is 44.6 Å². The molecule has 1 aliphatic carbocycles. The molecule has 4 rings (SSSR count). The van der Waals surface area contributed by atoms with Gasteiger partial charge in [0.15, 0.2) is 0 Å². The van der Waals surface area contributed by atoms with E-state index in [1.807, 2.05) is 6.92 Å². The van der Waals surface area contributed by atoms with Gasteiger partial charge in [0.2, 0.25) is 11.3 Å². The molecule has 2 fully saturated rings. The number of benzene rings is 1. The van der Waals surface area contributed by atoms with Gasteiger partial charge in [-0.2, -0.15) is 0 Å². The number of hydrogen-bond donors (Lipinski definition) is 2. The number of ether oxygens (including phenoxy) is 1. The summed E-state index contributed by atoms with van der Waals surface area (Å²) >= 11 is 0. The van der Waals surface area contributed by atoms with Crippen LogP contribution >= 0.6 is 0 Å². The molecular weight excluding hydrogens is 493 g/mol. The van der Waals surface area contributed by atoms with Crippen LogP contribution in [0.2, 0.25) is 0 Å². The summed E-state index contributed by atoms with van der Waals surface area (Å²) in [4.78, 5) is 53.7. The fourth-order valence-corrected chi connectivity index (χ4v) is 5.13. The molecule has 1 saturated heterocycles. The molecule has 0 bridgehead atoms. The van der Waals surface area contributed by atoms with Gasteiger partial charge in [-0.15, -0.1) is 0 Å². The van der Waals surface area contributed by atoms with Gasteiger partial charge >= 0.3 is 6.09 Å². The third kappa shape index (κ3) is 6.08. The second kappa shape index (κ2) is 12.3. The van der Waals surface area contributed by atoms with Gasteiger partial charge in [0, 0.05) is 50.3 Å². The van der Waals surface area contributed by atoms with Crippen molar-refractivity contribution in [3.63, 3.8) is 0 Å². The molecule has 0 unspecified atom stereocenters. The molecule has 11 heteroatoms. The van der Waals surface area contributed by atoms with E-state index in [-0.39, 0.29) is 36.1 Å². The van der Waals surface area contributed by atoms with E-state index in [4.69, 9.17) is 4.74 Å². The van der Waals surface area contributed by atoms with Crippen molar-refractivity contribution in [2.24, 2.45) is 0 Å². The second-order valence-corrected chi connectivity index (χ2v) is 9.74. The van der Waals surface area contributed by atoms with E-state index in [1.54, 1.807) is 22.5 Å². The van der Waals surface area contributed by atoms with Gasteiger partial charge in [-0.3, -0.25) is 14.4 Å². The van der Waals surface area contributed by atoms with E-state index in [0.717, 1.165) is 25.7 Å². The van der Waals surface area contributed by atoms with Crippen molar-refractivity contribution < 1.29 is 23.5 Å². The molecule has 0 radical (unpaired) electrons. The number of carbonyl (C=O) groups excluding carboxylic acids is 3. The molecule has 2 heterocycles. The van der Waals surface area contributed by atoms with Crippen molar-refractivity contribution in [1.29, 1.82) is 0 Å². The van der Waals surface area contributed by atoms with Gasteiger partial charge < -0.3 is 29.7 Å². The fraction of sp³-hybridized carbons (Fsp3) is 0.556. The third-order valence-electron chi connectivity index (χ3n) is 7.28.